The highest BCUT2D eigenvalue weighted by Crippen LogP contribution is 2.36. The molecular weight excluding hydrogens is 260 g/mol. The van der Waals surface area contributed by atoms with E-state index in [1.165, 1.54) is 0 Å². The summed E-state index contributed by atoms with van der Waals surface area (Å²) in [6.07, 6.45) is 2.54. The molecular formula is C14H19BClNO2. The predicted octanol–water partition coefficient (Wildman–Crippen LogP) is 2.76. The molecule has 0 N–H and O–H groups in total. The number of hydrogen-bond donors (Lipinski definition) is 0. The quantitative estimate of drug-likeness (QED) is 0.484. The van der Waals surface area contributed by atoms with E-state index in [0.717, 1.165) is 11.2 Å². The van der Waals surface area contributed by atoms with Crippen molar-refractivity contribution >= 4 is 24.3 Å². The molecule has 1 aliphatic rings. The first kappa shape index (κ1) is 14.6. The molecule has 0 aliphatic carbocycles. The number of aromatic nitrogens is 1. The molecule has 0 atom stereocenters. The molecule has 1 saturated heterocycles. The van der Waals surface area contributed by atoms with Gasteiger partial charge in [0, 0.05) is 0 Å². The third-order valence-electron chi connectivity index (χ3n) is 3.82. The Labute approximate surface area is 120 Å². The molecule has 0 radical (unpaired) electrons. The summed E-state index contributed by atoms with van der Waals surface area (Å²) in [4.78, 5) is 4.37. The van der Waals surface area contributed by atoms with Crippen LogP contribution >= 0.6 is 11.6 Å². The molecule has 1 aliphatic heterocycles. The van der Waals surface area contributed by atoms with Gasteiger partial charge in [0.25, 0.3) is 0 Å². The minimum absolute atomic E-state index is 0.382. The normalized spacial score (nSPS) is 20.6. The lowest BCUT2D eigenvalue weighted by atomic mass is 9.80. The van der Waals surface area contributed by atoms with Crippen LogP contribution in [0.3, 0.4) is 0 Å². The van der Waals surface area contributed by atoms with Gasteiger partial charge in [0.05, 0.1) is 16.8 Å². The second kappa shape index (κ2) is 4.93. The lowest BCUT2D eigenvalue weighted by molar-refractivity contribution is 0.00578. The Morgan fingerprint density at radius 2 is 1.84 bits per heavy atom. The number of pyridine rings is 1. The van der Waals surface area contributed by atoms with Crippen molar-refractivity contribution < 1.29 is 9.31 Å². The van der Waals surface area contributed by atoms with Crippen LogP contribution in [0.15, 0.2) is 24.8 Å². The molecule has 0 saturated carbocycles. The van der Waals surface area contributed by atoms with Crippen molar-refractivity contribution in [2.45, 2.75) is 45.3 Å². The van der Waals surface area contributed by atoms with Crippen molar-refractivity contribution in [2.75, 3.05) is 0 Å². The molecule has 0 spiro atoms. The molecule has 0 unspecified atom stereocenters. The van der Waals surface area contributed by atoms with Crippen LogP contribution in [0.5, 0.6) is 0 Å². The summed E-state index contributed by atoms with van der Waals surface area (Å²) in [5.74, 6) is 0. The van der Waals surface area contributed by atoms with E-state index < -0.39 is 7.12 Å². The molecule has 2 heterocycles. The minimum atomic E-state index is -0.487. The van der Waals surface area contributed by atoms with E-state index in [9.17, 15) is 0 Å². The molecule has 1 aromatic rings. The molecule has 102 valence electrons. The van der Waals surface area contributed by atoms with Crippen molar-refractivity contribution in [3.05, 3.63) is 35.5 Å². The van der Waals surface area contributed by atoms with Gasteiger partial charge in [0.2, 0.25) is 0 Å². The first-order valence-corrected chi connectivity index (χ1v) is 6.76. The topological polar surface area (TPSA) is 31.4 Å². The van der Waals surface area contributed by atoms with Crippen LogP contribution in [0.4, 0.5) is 0 Å². The molecule has 5 heteroatoms. The lowest BCUT2D eigenvalue weighted by Crippen LogP contribution is -2.41. The number of rotatable bonds is 3. The largest absolute Gasteiger partial charge is 0.514 e. The number of hydrogen-bond acceptors (Lipinski definition) is 3. The number of nitrogens with zero attached hydrogens (tertiary/aromatic N) is 1. The summed E-state index contributed by atoms with van der Waals surface area (Å²) in [5.41, 5.74) is 1.00. The minimum Gasteiger partial charge on any atom is -0.398 e. The maximum atomic E-state index is 6.01. The Morgan fingerprint density at radius 3 is 2.37 bits per heavy atom. The van der Waals surface area contributed by atoms with Crippen molar-refractivity contribution in [3.63, 3.8) is 0 Å². The van der Waals surface area contributed by atoms with Gasteiger partial charge in [0.15, 0.2) is 0 Å². The van der Waals surface area contributed by atoms with Gasteiger partial charge in [-0.3, -0.25) is 0 Å². The van der Waals surface area contributed by atoms with Crippen molar-refractivity contribution in [2.24, 2.45) is 0 Å². The van der Waals surface area contributed by atoms with Gasteiger partial charge < -0.3 is 9.31 Å². The summed E-state index contributed by atoms with van der Waals surface area (Å²) in [6, 6.07) is 3.71. The summed E-state index contributed by atoms with van der Waals surface area (Å²) in [5, 5.41) is 0.442. The van der Waals surface area contributed by atoms with E-state index in [1.807, 2.05) is 39.8 Å². The van der Waals surface area contributed by atoms with Crippen molar-refractivity contribution in [1.29, 1.82) is 0 Å². The Kier molecular flexibility index (Phi) is 3.78. The average Bonchev–Trinajstić information content (AvgIpc) is 2.51. The van der Waals surface area contributed by atoms with Gasteiger partial charge in [0.1, 0.15) is 5.15 Å². The van der Waals surface area contributed by atoms with Crippen LogP contribution in [0.2, 0.25) is 5.15 Å². The third kappa shape index (κ3) is 2.71. The summed E-state index contributed by atoms with van der Waals surface area (Å²) in [7, 11) is -0.487. The second-order valence-electron chi connectivity index (χ2n) is 5.76. The Morgan fingerprint density at radius 1 is 1.26 bits per heavy atom. The van der Waals surface area contributed by atoms with E-state index >= 15 is 0 Å². The van der Waals surface area contributed by atoms with Gasteiger partial charge >= 0.3 is 7.12 Å². The summed E-state index contributed by atoms with van der Waals surface area (Å²) < 4.78 is 12.0. The molecule has 19 heavy (non-hydrogen) atoms. The zero-order valence-corrected chi connectivity index (χ0v) is 12.6. The zero-order valence-electron chi connectivity index (χ0n) is 11.9. The van der Waals surface area contributed by atoms with Crippen LogP contribution in [0, 0.1) is 0 Å². The van der Waals surface area contributed by atoms with Crippen LogP contribution in [-0.4, -0.2) is 23.3 Å². The molecule has 0 aromatic carbocycles. The lowest BCUT2D eigenvalue weighted by Gasteiger charge is -2.32. The molecule has 0 amide bonds. The Balaban J connectivity index is 2.38. The van der Waals surface area contributed by atoms with Crippen LogP contribution in [0.25, 0.3) is 0 Å². The fraction of sp³-hybridized carbons (Fsp3) is 0.500. The molecule has 2 rings (SSSR count). The van der Waals surface area contributed by atoms with Crippen LogP contribution < -0.4 is 5.59 Å². The Hall–Kier alpha value is -0.835. The first-order chi connectivity index (χ1) is 8.77. The van der Waals surface area contributed by atoms with E-state index in [1.54, 1.807) is 6.07 Å². The maximum Gasteiger partial charge on any atom is 0.514 e. The van der Waals surface area contributed by atoms with E-state index in [4.69, 9.17) is 20.9 Å². The highest BCUT2D eigenvalue weighted by atomic mass is 35.5. The first-order valence-electron chi connectivity index (χ1n) is 6.39. The molecule has 1 aromatic heterocycles. The summed E-state index contributed by atoms with van der Waals surface area (Å²) >= 11 is 5.99. The van der Waals surface area contributed by atoms with E-state index in [2.05, 4.69) is 11.6 Å². The second-order valence-corrected chi connectivity index (χ2v) is 6.15. The van der Waals surface area contributed by atoms with E-state index in [-0.39, 0.29) is 11.2 Å². The number of halogens is 1. The van der Waals surface area contributed by atoms with Crippen molar-refractivity contribution in [3.8, 4) is 0 Å². The average molecular weight is 280 g/mol. The van der Waals surface area contributed by atoms with Crippen LogP contribution in [0.1, 0.15) is 33.3 Å². The monoisotopic (exact) mass is 279 g/mol. The molecule has 0 bridgehead atoms. The highest BCUT2D eigenvalue weighted by molar-refractivity contribution is 6.61. The zero-order chi connectivity index (χ0) is 14.3. The third-order valence-corrected chi connectivity index (χ3v) is 4.03. The fourth-order valence-electron chi connectivity index (χ4n) is 1.97. The van der Waals surface area contributed by atoms with Gasteiger partial charge in [-0.2, -0.15) is 0 Å². The number of allylic oxidation sites excluding steroid dienone is 1. The van der Waals surface area contributed by atoms with Gasteiger partial charge in [-0.25, -0.2) is 4.98 Å². The Bertz CT molecular complexity index is 486. The maximum absolute atomic E-state index is 6.01. The SMILES string of the molecule is C=CCc1ccc(Cl)nc1B1OC(C)(C)C(C)(C)O1. The van der Waals surface area contributed by atoms with E-state index in [0.29, 0.717) is 11.6 Å². The standard InChI is InChI=1S/C14H19BClNO2/c1-6-7-10-8-9-11(16)17-12(10)15-18-13(2,3)14(4,5)19-15/h6,8-9H,1,7H2,2-5H3. The van der Waals surface area contributed by atoms with Gasteiger partial charge in [-0.1, -0.05) is 23.7 Å². The van der Waals surface area contributed by atoms with Gasteiger partial charge in [-0.15, -0.1) is 6.58 Å². The van der Waals surface area contributed by atoms with Crippen molar-refractivity contribution in [1.82, 2.24) is 4.98 Å². The predicted molar refractivity (Wildman–Crippen MR) is 78.9 cm³/mol. The van der Waals surface area contributed by atoms with Gasteiger partial charge in [-0.05, 0) is 45.7 Å². The van der Waals surface area contributed by atoms with Crippen LogP contribution in [-0.2, 0) is 15.7 Å². The smallest absolute Gasteiger partial charge is 0.398 e. The highest BCUT2D eigenvalue weighted by Gasteiger charge is 2.52. The molecule has 1 fully saturated rings. The molecule has 3 nitrogen and oxygen atoms in total. The fourth-order valence-corrected chi connectivity index (χ4v) is 2.12. The summed E-state index contributed by atoms with van der Waals surface area (Å²) in [6.45, 7) is 11.8.